The van der Waals surface area contributed by atoms with Crippen molar-refractivity contribution in [3.05, 3.63) is 72.8 Å². The molecular weight excluding hydrogens is 441 g/mol. The molecule has 1 fully saturated rings. The Hall–Kier alpha value is -2.84. The van der Waals surface area contributed by atoms with Crippen LogP contribution in [0.2, 0.25) is 10.0 Å². The number of piperidine rings is 1. The maximum absolute atomic E-state index is 12.7. The molecule has 1 N–H and O–H groups in total. The Morgan fingerprint density at radius 3 is 2.45 bits per heavy atom. The molecule has 0 bridgehead atoms. The molecule has 10 heteroatoms. The molecule has 0 spiro atoms. The van der Waals surface area contributed by atoms with Crippen LogP contribution in [0.15, 0.2) is 46.1 Å². The highest BCUT2D eigenvalue weighted by Gasteiger charge is 2.27. The number of aromatic nitrogens is 3. The van der Waals surface area contributed by atoms with E-state index in [1.54, 1.807) is 23.1 Å². The summed E-state index contributed by atoms with van der Waals surface area (Å²) in [4.78, 5) is 43.7. The predicted molar refractivity (Wildman–Crippen MR) is 120 cm³/mol. The number of benzene rings is 1. The first kappa shape index (κ1) is 21.4. The number of urea groups is 1. The molecule has 4 rings (SSSR count). The summed E-state index contributed by atoms with van der Waals surface area (Å²) in [6.07, 6.45) is 2.55. The van der Waals surface area contributed by atoms with E-state index in [2.05, 4.69) is 10.3 Å². The van der Waals surface area contributed by atoms with Crippen LogP contribution >= 0.6 is 23.2 Å². The molecule has 0 radical (unpaired) electrons. The zero-order chi connectivity index (χ0) is 22.1. The number of halogens is 2. The molecule has 1 saturated heterocycles. The average Bonchev–Trinajstić information content (AvgIpc) is 2.78. The monoisotopic (exact) mass is 461 g/mol. The minimum absolute atomic E-state index is 0.167. The number of pyridine rings is 1. The first-order valence-electron chi connectivity index (χ1n) is 9.89. The van der Waals surface area contributed by atoms with Crippen molar-refractivity contribution in [2.75, 3.05) is 13.1 Å². The van der Waals surface area contributed by atoms with E-state index in [0.29, 0.717) is 53.7 Å². The summed E-state index contributed by atoms with van der Waals surface area (Å²) in [5.74, 6) is 0. The Morgan fingerprint density at radius 1 is 1.10 bits per heavy atom. The van der Waals surface area contributed by atoms with Gasteiger partial charge in [-0.05, 0) is 36.6 Å². The third kappa shape index (κ3) is 4.31. The number of fused-ring (bicyclic) bond motifs is 1. The lowest BCUT2D eigenvalue weighted by Crippen LogP contribution is -2.48. The summed E-state index contributed by atoms with van der Waals surface area (Å²) in [6, 6.07) is 8.52. The van der Waals surface area contributed by atoms with Crippen LogP contribution in [0.25, 0.3) is 11.2 Å². The number of rotatable bonds is 3. The molecule has 2 aromatic heterocycles. The zero-order valence-corrected chi connectivity index (χ0v) is 18.4. The summed E-state index contributed by atoms with van der Waals surface area (Å²) in [7, 11) is 1.53. The maximum atomic E-state index is 12.7. The van der Waals surface area contributed by atoms with Gasteiger partial charge in [0.05, 0.1) is 10.5 Å². The van der Waals surface area contributed by atoms with Gasteiger partial charge in [0.2, 0.25) is 0 Å². The van der Waals surface area contributed by atoms with E-state index < -0.39 is 11.1 Å². The van der Waals surface area contributed by atoms with Gasteiger partial charge < -0.3 is 14.8 Å². The van der Waals surface area contributed by atoms with Gasteiger partial charge in [0, 0.05) is 43.9 Å². The summed E-state index contributed by atoms with van der Waals surface area (Å²) < 4.78 is 2.73. The number of amides is 2. The predicted octanol–water partition coefficient (Wildman–Crippen LogP) is 2.95. The van der Waals surface area contributed by atoms with Crippen molar-refractivity contribution in [3.8, 4) is 0 Å². The van der Waals surface area contributed by atoms with E-state index in [9.17, 15) is 14.4 Å². The minimum Gasteiger partial charge on any atom is -0.334 e. The first-order chi connectivity index (χ1) is 14.8. The molecule has 1 aliphatic rings. The topological polar surface area (TPSA) is 89.2 Å². The number of likely N-dealkylation sites (tertiary alicyclic amines) is 1. The van der Waals surface area contributed by atoms with Crippen molar-refractivity contribution >= 4 is 40.4 Å². The number of aryl methyl sites for hydroxylation is 1. The van der Waals surface area contributed by atoms with E-state index in [-0.39, 0.29) is 12.1 Å². The van der Waals surface area contributed by atoms with Crippen molar-refractivity contribution in [1.29, 1.82) is 0 Å². The van der Waals surface area contributed by atoms with Gasteiger partial charge in [-0.15, -0.1) is 0 Å². The Morgan fingerprint density at radius 2 is 1.77 bits per heavy atom. The third-order valence-corrected chi connectivity index (χ3v) is 6.04. The normalized spacial score (nSPS) is 14.7. The smallest absolute Gasteiger partial charge is 0.318 e. The second-order valence-corrected chi connectivity index (χ2v) is 8.41. The molecule has 1 aromatic carbocycles. The van der Waals surface area contributed by atoms with E-state index >= 15 is 0 Å². The van der Waals surface area contributed by atoms with Crippen LogP contribution in [0.1, 0.15) is 24.4 Å². The quantitative estimate of drug-likeness (QED) is 0.607. The van der Waals surface area contributed by atoms with Gasteiger partial charge in [-0.1, -0.05) is 35.3 Å². The summed E-state index contributed by atoms with van der Waals surface area (Å²) in [5.41, 5.74) is 0.632. The second-order valence-electron chi connectivity index (χ2n) is 7.54. The number of hydrogen-bond donors (Lipinski definition) is 1. The van der Waals surface area contributed by atoms with Crippen molar-refractivity contribution in [2.45, 2.75) is 25.4 Å². The van der Waals surface area contributed by atoms with Crippen LogP contribution in [0.4, 0.5) is 4.79 Å². The summed E-state index contributed by atoms with van der Waals surface area (Å²) in [5, 5.41) is 3.94. The van der Waals surface area contributed by atoms with Gasteiger partial charge in [0.1, 0.15) is 0 Å². The van der Waals surface area contributed by atoms with Crippen molar-refractivity contribution in [1.82, 2.24) is 24.3 Å². The third-order valence-electron chi connectivity index (χ3n) is 5.58. The summed E-state index contributed by atoms with van der Waals surface area (Å²) >= 11 is 11.9. The molecule has 0 saturated carbocycles. The number of nitrogens with zero attached hydrogens (tertiary/aromatic N) is 4. The van der Waals surface area contributed by atoms with Gasteiger partial charge in [0.25, 0.3) is 0 Å². The maximum Gasteiger partial charge on any atom is 0.318 e. The van der Waals surface area contributed by atoms with Gasteiger partial charge in [-0.25, -0.2) is 9.78 Å². The first-order valence-corrected chi connectivity index (χ1v) is 10.6. The molecule has 0 aliphatic carbocycles. The second kappa shape index (κ2) is 8.72. The molecule has 0 unspecified atom stereocenters. The number of nitrogens with one attached hydrogen (secondary N) is 1. The number of hydrogen-bond acceptors (Lipinski definition) is 4. The summed E-state index contributed by atoms with van der Waals surface area (Å²) in [6.45, 7) is 1.33. The Labute approximate surface area is 188 Å². The van der Waals surface area contributed by atoms with E-state index in [1.807, 2.05) is 12.1 Å². The largest absolute Gasteiger partial charge is 0.334 e. The lowest BCUT2D eigenvalue weighted by molar-refractivity contribution is 0.171. The molecule has 2 amide bonds. The molecule has 1 aliphatic heterocycles. The molecule has 0 atom stereocenters. The molecule has 162 valence electrons. The SMILES string of the molecule is Cn1c(=O)c(=O)n(C2CCN(C(=O)NCc3ccc(Cl)cc3)CC2)c2ncc(Cl)cc21. The van der Waals surface area contributed by atoms with Crippen molar-refractivity contribution < 1.29 is 4.79 Å². The molecule has 3 heterocycles. The number of carbonyl (C=O) groups is 1. The molecular formula is C21H21Cl2N5O3. The number of carbonyl (C=O) groups excluding carboxylic acids is 1. The Balaban J connectivity index is 1.48. The van der Waals surface area contributed by atoms with Crippen LogP contribution in [0.5, 0.6) is 0 Å². The van der Waals surface area contributed by atoms with E-state index in [0.717, 1.165) is 5.56 Å². The highest BCUT2D eigenvalue weighted by molar-refractivity contribution is 6.31. The Bertz CT molecular complexity index is 1240. The van der Waals surface area contributed by atoms with Crippen molar-refractivity contribution in [3.63, 3.8) is 0 Å². The lowest BCUT2D eigenvalue weighted by Gasteiger charge is -2.33. The molecule has 3 aromatic rings. The lowest BCUT2D eigenvalue weighted by atomic mass is 10.0. The van der Waals surface area contributed by atoms with Gasteiger partial charge >= 0.3 is 17.1 Å². The standard InChI is InChI=1S/C21H21Cl2N5O3/c1-26-17-10-15(23)12-24-18(17)28(20(30)19(26)29)16-6-8-27(9-7-16)21(31)25-11-13-2-4-14(22)5-3-13/h2-5,10,12,16H,6-9,11H2,1H3,(H,25,31). The van der Waals surface area contributed by atoms with Crippen molar-refractivity contribution in [2.24, 2.45) is 7.05 Å². The fourth-order valence-electron chi connectivity index (χ4n) is 3.86. The van der Waals surface area contributed by atoms with E-state index in [1.165, 1.54) is 22.4 Å². The van der Waals surface area contributed by atoms with Crippen LogP contribution in [0, 0.1) is 0 Å². The Kier molecular flexibility index (Phi) is 6.02. The minimum atomic E-state index is -0.625. The highest BCUT2D eigenvalue weighted by atomic mass is 35.5. The van der Waals surface area contributed by atoms with Crippen LogP contribution < -0.4 is 16.4 Å². The van der Waals surface area contributed by atoms with Gasteiger partial charge in [0.15, 0.2) is 5.65 Å². The van der Waals surface area contributed by atoms with Crippen LogP contribution in [-0.4, -0.2) is 38.1 Å². The fourth-order valence-corrected chi connectivity index (χ4v) is 4.14. The highest BCUT2D eigenvalue weighted by Crippen LogP contribution is 2.24. The van der Waals surface area contributed by atoms with Crippen LogP contribution in [-0.2, 0) is 13.6 Å². The fraction of sp³-hybridized carbons (Fsp3) is 0.333. The zero-order valence-electron chi connectivity index (χ0n) is 16.8. The van der Waals surface area contributed by atoms with E-state index in [4.69, 9.17) is 23.2 Å². The van der Waals surface area contributed by atoms with Crippen LogP contribution in [0.3, 0.4) is 0 Å². The molecule has 31 heavy (non-hydrogen) atoms. The average molecular weight is 462 g/mol. The van der Waals surface area contributed by atoms with Gasteiger partial charge in [-0.3, -0.25) is 14.2 Å². The molecule has 8 nitrogen and oxygen atoms in total. The van der Waals surface area contributed by atoms with Gasteiger partial charge in [-0.2, -0.15) is 0 Å².